The van der Waals surface area contributed by atoms with E-state index in [9.17, 15) is 4.79 Å². The van der Waals surface area contributed by atoms with E-state index < -0.39 is 0 Å². The van der Waals surface area contributed by atoms with Gasteiger partial charge in [0, 0.05) is 30.4 Å². The van der Waals surface area contributed by atoms with Crippen molar-refractivity contribution in [2.75, 3.05) is 6.54 Å². The molecule has 0 bridgehead atoms. The van der Waals surface area contributed by atoms with Gasteiger partial charge in [0.05, 0.1) is 10.6 Å². The molecule has 1 heterocycles. The van der Waals surface area contributed by atoms with E-state index in [0.717, 1.165) is 23.4 Å². The minimum absolute atomic E-state index is 0.149. The molecule has 0 saturated heterocycles. The zero-order valence-corrected chi connectivity index (χ0v) is 15.9. The first-order valence-corrected chi connectivity index (χ1v) is 9.11. The molecule has 4 nitrogen and oxygen atoms in total. The van der Waals surface area contributed by atoms with Crippen LogP contribution in [0.2, 0.25) is 10.0 Å². The summed E-state index contributed by atoms with van der Waals surface area (Å²) in [6.45, 7) is 0.582. The Labute approximate surface area is 162 Å². The van der Waals surface area contributed by atoms with Crippen molar-refractivity contribution in [2.24, 2.45) is 7.05 Å². The Balaban J connectivity index is 1.63. The summed E-state index contributed by atoms with van der Waals surface area (Å²) in [5, 5.41) is 8.67. The van der Waals surface area contributed by atoms with Gasteiger partial charge in [-0.25, -0.2) is 0 Å². The maximum Gasteiger partial charge on any atom is 0.255 e. The van der Waals surface area contributed by atoms with E-state index in [2.05, 4.69) is 10.4 Å². The van der Waals surface area contributed by atoms with Crippen molar-refractivity contribution in [3.63, 3.8) is 0 Å². The van der Waals surface area contributed by atoms with Gasteiger partial charge in [-0.15, -0.1) is 0 Å². The summed E-state index contributed by atoms with van der Waals surface area (Å²) < 4.78 is 1.63. The summed E-state index contributed by atoms with van der Waals surface area (Å²) in [6, 6.07) is 15.1. The van der Waals surface area contributed by atoms with Crippen LogP contribution in [0.3, 0.4) is 0 Å². The molecule has 1 aromatic heterocycles. The monoisotopic (exact) mass is 387 g/mol. The van der Waals surface area contributed by atoms with E-state index in [1.807, 2.05) is 42.5 Å². The third kappa shape index (κ3) is 4.45. The van der Waals surface area contributed by atoms with Crippen LogP contribution in [0.1, 0.15) is 22.3 Å². The van der Waals surface area contributed by atoms with Gasteiger partial charge in [0.2, 0.25) is 0 Å². The third-order valence-corrected chi connectivity index (χ3v) is 4.62. The SMILES string of the molecule is Cn1cc(C(=O)NCCCc2ccc(Cl)cc2)c(-c2ccccc2Cl)n1. The minimum atomic E-state index is -0.149. The van der Waals surface area contributed by atoms with Crippen molar-refractivity contribution in [2.45, 2.75) is 12.8 Å². The number of rotatable bonds is 6. The normalized spacial score (nSPS) is 10.7. The number of aryl methyl sites for hydroxylation is 2. The van der Waals surface area contributed by atoms with E-state index in [-0.39, 0.29) is 5.91 Å². The Morgan fingerprint density at radius 1 is 1.12 bits per heavy atom. The summed E-state index contributed by atoms with van der Waals surface area (Å²) in [7, 11) is 1.79. The summed E-state index contributed by atoms with van der Waals surface area (Å²) in [6.07, 6.45) is 3.43. The fourth-order valence-electron chi connectivity index (χ4n) is 2.75. The highest BCUT2D eigenvalue weighted by atomic mass is 35.5. The van der Waals surface area contributed by atoms with E-state index in [4.69, 9.17) is 23.2 Å². The molecule has 1 N–H and O–H groups in total. The van der Waals surface area contributed by atoms with Crippen LogP contribution >= 0.6 is 23.2 Å². The number of carbonyl (C=O) groups excluding carboxylic acids is 1. The lowest BCUT2D eigenvalue weighted by molar-refractivity contribution is 0.0954. The highest BCUT2D eigenvalue weighted by molar-refractivity contribution is 6.33. The molecule has 0 aliphatic heterocycles. The lowest BCUT2D eigenvalue weighted by atomic mass is 10.1. The number of halogens is 2. The molecular weight excluding hydrogens is 369 g/mol. The second-order valence-corrected chi connectivity index (χ2v) is 6.87. The number of amides is 1. The Morgan fingerprint density at radius 3 is 2.58 bits per heavy atom. The van der Waals surface area contributed by atoms with E-state index in [0.29, 0.717) is 22.8 Å². The molecule has 26 heavy (non-hydrogen) atoms. The number of hydrogen-bond acceptors (Lipinski definition) is 2. The van der Waals surface area contributed by atoms with Crippen molar-refractivity contribution >= 4 is 29.1 Å². The van der Waals surface area contributed by atoms with Crippen LogP contribution in [0.25, 0.3) is 11.3 Å². The lowest BCUT2D eigenvalue weighted by Crippen LogP contribution is -2.25. The van der Waals surface area contributed by atoms with Gasteiger partial charge in [0.15, 0.2) is 0 Å². The number of nitrogens with zero attached hydrogens (tertiary/aromatic N) is 2. The van der Waals surface area contributed by atoms with Gasteiger partial charge in [-0.2, -0.15) is 5.10 Å². The number of carbonyl (C=O) groups is 1. The molecule has 3 aromatic rings. The first-order chi connectivity index (χ1) is 12.5. The predicted molar refractivity (Wildman–Crippen MR) is 106 cm³/mol. The second-order valence-electron chi connectivity index (χ2n) is 6.03. The zero-order valence-electron chi connectivity index (χ0n) is 14.4. The molecule has 134 valence electrons. The molecular formula is C20H19Cl2N3O. The summed E-state index contributed by atoms with van der Waals surface area (Å²) in [5.41, 5.74) is 3.06. The van der Waals surface area contributed by atoms with Crippen LogP contribution < -0.4 is 5.32 Å². The Morgan fingerprint density at radius 2 is 1.85 bits per heavy atom. The molecule has 0 spiro atoms. The van der Waals surface area contributed by atoms with Crippen molar-refractivity contribution < 1.29 is 4.79 Å². The fraction of sp³-hybridized carbons (Fsp3) is 0.200. The number of hydrogen-bond donors (Lipinski definition) is 1. The molecule has 2 aromatic carbocycles. The highest BCUT2D eigenvalue weighted by Crippen LogP contribution is 2.28. The van der Waals surface area contributed by atoms with Crippen molar-refractivity contribution in [3.8, 4) is 11.3 Å². The Hall–Kier alpha value is -2.30. The van der Waals surface area contributed by atoms with Crippen LogP contribution in [-0.4, -0.2) is 22.2 Å². The quantitative estimate of drug-likeness (QED) is 0.619. The van der Waals surface area contributed by atoms with E-state index in [1.54, 1.807) is 24.0 Å². The van der Waals surface area contributed by atoms with Crippen LogP contribution in [0.15, 0.2) is 54.7 Å². The van der Waals surface area contributed by atoms with Crippen molar-refractivity contribution in [1.29, 1.82) is 0 Å². The highest BCUT2D eigenvalue weighted by Gasteiger charge is 2.18. The third-order valence-electron chi connectivity index (χ3n) is 4.04. The maximum absolute atomic E-state index is 12.6. The summed E-state index contributed by atoms with van der Waals surface area (Å²) in [4.78, 5) is 12.6. The number of nitrogens with one attached hydrogen (secondary N) is 1. The molecule has 6 heteroatoms. The molecule has 0 atom stereocenters. The van der Waals surface area contributed by atoms with Gasteiger partial charge in [0.1, 0.15) is 5.69 Å². The van der Waals surface area contributed by atoms with E-state index in [1.165, 1.54) is 5.56 Å². The van der Waals surface area contributed by atoms with E-state index >= 15 is 0 Å². The topological polar surface area (TPSA) is 46.9 Å². The molecule has 0 aliphatic carbocycles. The average molecular weight is 388 g/mol. The molecule has 0 unspecified atom stereocenters. The minimum Gasteiger partial charge on any atom is -0.352 e. The van der Waals surface area contributed by atoms with Gasteiger partial charge >= 0.3 is 0 Å². The van der Waals surface area contributed by atoms with Crippen molar-refractivity contribution in [3.05, 3.63) is 75.9 Å². The largest absolute Gasteiger partial charge is 0.352 e. The molecule has 0 fully saturated rings. The van der Waals surface area contributed by atoms with Crippen LogP contribution in [0.5, 0.6) is 0 Å². The number of aromatic nitrogens is 2. The predicted octanol–water partition coefficient (Wildman–Crippen LogP) is 4.76. The van der Waals surface area contributed by atoms with Crippen LogP contribution in [0, 0.1) is 0 Å². The summed E-state index contributed by atoms with van der Waals surface area (Å²) in [5.74, 6) is -0.149. The van der Waals surface area contributed by atoms with Crippen LogP contribution in [0.4, 0.5) is 0 Å². The van der Waals surface area contributed by atoms with Gasteiger partial charge in [0.25, 0.3) is 5.91 Å². The molecule has 1 amide bonds. The summed E-state index contributed by atoms with van der Waals surface area (Å²) >= 11 is 12.1. The number of benzene rings is 2. The second kappa shape index (κ2) is 8.39. The van der Waals surface area contributed by atoms with Crippen molar-refractivity contribution in [1.82, 2.24) is 15.1 Å². The van der Waals surface area contributed by atoms with Gasteiger partial charge in [-0.1, -0.05) is 53.5 Å². The Bertz CT molecular complexity index is 904. The lowest BCUT2D eigenvalue weighted by Gasteiger charge is -2.07. The smallest absolute Gasteiger partial charge is 0.255 e. The Kier molecular flexibility index (Phi) is 5.96. The molecule has 3 rings (SSSR count). The van der Waals surface area contributed by atoms with Gasteiger partial charge in [-0.05, 0) is 36.6 Å². The average Bonchev–Trinajstić information content (AvgIpc) is 3.02. The molecule has 0 saturated carbocycles. The maximum atomic E-state index is 12.6. The van der Waals surface area contributed by atoms with Gasteiger partial charge in [-0.3, -0.25) is 9.48 Å². The molecule has 0 radical (unpaired) electrons. The first kappa shape index (κ1) is 18.5. The van der Waals surface area contributed by atoms with Crippen LogP contribution in [-0.2, 0) is 13.5 Å². The zero-order chi connectivity index (χ0) is 18.5. The fourth-order valence-corrected chi connectivity index (χ4v) is 3.10. The molecule has 0 aliphatic rings. The van der Waals surface area contributed by atoms with Gasteiger partial charge < -0.3 is 5.32 Å². The first-order valence-electron chi connectivity index (χ1n) is 8.36. The standard InChI is InChI=1S/C20H19Cl2N3O/c1-25-13-17(19(24-25)16-6-2-3-7-18(16)22)20(26)23-12-4-5-14-8-10-15(21)11-9-14/h2-3,6-11,13H,4-5,12H2,1H3,(H,23,26).